The van der Waals surface area contributed by atoms with Crippen LogP contribution >= 0.6 is 0 Å². The monoisotopic (exact) mass is 314 g/mol. The van der Waals surface area contributed by atoms with Crippen LogP contribution in [0, 0.1) is 23.7 Å². The molecule has 0 saturated carbocycles. The van der Waals surface area contributed by atoms with Crippen molar-refractivity contribution in [1.82, 2.24) is 0 Å². The molecule has 0 aromatic rings. The van der Waals surface area contributed by atoms with Crippen molar-refractivity contribution in [3.05, 3.63) is 0 Å². The van der Waals surface area contributed by atoms with E-state index in [4.69, 9.17) is 4.74 Å². The summed E-state index contributed by atoms with van der Waals surface area (Å²) in [6.45, 7) is 13.4. The van der Waals surface area contributed by atoms with E-state index in [1.54, 1.807) is 6.92 Å². The number of carbonyl (C=O) groups excluding carboxylic acids is 2. The van der Waals surface area contributed by atoms with Gasteiger partial charge in [-0.2, -0.15) is 0 Å². The summed E-state index contributed by atoms with van der Waals surface area (Å²) in [4.78, 5) is 22.5. The van der Waals surface area contributed by atoms with Crippen LogP contribution in [-0.2, 0) is 19.1 Å². The molecule has 1 unspecified atom stereocenters. The van der Waals surface area contributed by atoms with Crippen LogP contribution in [0.25, 0.3) is 0 Å². The van der Waals surface area contributed by atoms with Gasteiger partial charge < -0.3 is 9.47 Å². The quantitative estimate of drug-likeness (QED) is 0.447. The number of rotatable bonds is 10. The number of esters is 2. The molecule has 0 heterocycles. The number of hydrogen-bond donors (Lipinski definition) is 0. The normalized spacial score (nSPS) is 12.8. The van der Waals surface area contributed by atoms with Gasteiger partial charge in [-0.1, -0.05) is 34.6 Å². The van der Waals surface area contributed by atoms with Crippen LogP contribution in [0.2, 0.25) is 0 Å². The molecule has 22 heavy (non-hydrogen) atoms. The topological polar surface area (TPSA) is 52.6 Å². The van der Waals surface area contributed by atoms with E-state index < -0.39 is 11.9 Å². The molecule has 0 aromatic heterocycles. The summed E-state index contributed by atoms with van der Waals surface area (Å²) in [5.74, 6) is 0.839. The molecule has 0 amide bonds. The van der Waals surface area contributed by atoms with Crippen molar-refractivity contribution in [3.8, 4) is 0 Å². The Morgan fingerprint density at radius 2 is 1.32 bits per heavy atom. The van der Waals surface area contributed by atoms with Gasteiger partial charge in [0.25, 0.3) is 0 Å². The molecule has 0 saturated heterocycles. The molecule has 0 aliphatic carbocycles. The third kappa shape index (κ3) is 10.6. The van der Waals surface area contributed by atoms with Gasteiger partial charge in [-0.25, -0.2) is 9.59 Å². The average Bonchev–Trinajstić information content (AvgIpc) is 2.36. The molecule has 0 aliphatic heterocycles. The van der Waals surface area contributed by atoms with Crippen molar-refractivity contribution in [1.29, 1.82) is 0 Å². The summed E-state index contributed by atoms with van der Waals surface area (Å²) >= 11 is 0. The molecule has 4 heteroatoms. The van der Waals surface area contributed by atoms with E-state index in [2.05, 4.69) is 39.4 Å². The maximum atomic E-state index is 11.3. The predicted octanol–water partition coefficient (Wildman–Crippen LogP) is 4.22. The van der Waals surface area contributed by atoms with E-state index in [9.17, 15) is 9.59 Å². The van der Waals surface area contributed by atoms with E-state index >= 15 is 0 Å². The van der Waals surface area contributed by atoms with Gasteiger partial charge >= 0.3 is 11.9 Å². The SMILES string of the molecule is CCOC(=O)C(=O)OCCC(C)CC(CC(C)C)CC(C)C. The summed E-state index contributed by atoms with van der Waals surface area (Å²) in [6.07, 6.45) is 4.42. The van der Waals surface area contributed by atoms with Crippen LogP contribution in [0.3, 0.4) is 0 Å². The first-order chi connectivity index (χ1) is 10.3. The standard InChI is InChI=1S/C18H34O4/c1-7-21-17(19)18(20)22-9-8-15(6)12-16(10-13(2)3)11-14(4)5/h13-16H,7-12H2,1-6H3. The highest BCUT2D eigenvalue weighted by atomic mass is 16.6. The lowest BCUT2D eigenvalue weighted by Gasteiger charge is -2.24. The van der Waals surface area contributed by atoms with E-state index in [-0.39, 0.29) is 13.2 Å². The minimum Gasteiger partial charge on any atom is -0.458 e. The first kappa shape index (κ1) is 20.9. The maximum Gasteiger partial charge on any atom is 0.417 e. The Hall–Kier alpha value is -1.06. The van der Waals surface area contributed by atoms with Crippen LogP contribution in [0.5, 0.6) is 0 Å². The predicted molar refractivity (Wildman–Crippen MR) is 88.4 cm³/mol. The summed E-state index contributed by atoms with van der Waals surface area (Å²) < 4.78 is 9.56. The molecule has 0 spiro atoms. The van der Waals surface area contributed by atoms with Gasteiger partial charge in [-0.3, -0.25) is 0 Å². The van der Waals surface area contributed by atoms with Crippen LogP contribution in [-0.4, -0.2) is 25.2 Å². The van der Waals surface area contributed by atoms with E-state index in [1.165, 1.54) is 12.8 Å². The highest BCUT2D eigenvalue weighted by molar-refractivity contribution is 6.29. The molecule has 4 nitrogen and oxygen atoms in total. The van der Waals surface area contributed by atoms with Crippen molar-refractivity contribution in [3.63, 3.8) is 0 Å². The van der Waals surface area contributed by atoms with Crippen molar-refractivity contribution in [2.45, 2.75) is 67.2 Å². The van der Waals surface area contributed by atoms with Crippen molar-refractivity contribution in [2.24, 2.45) is 23.7 Å². The smallest absolute Gasteiger partial charge is 0.417 e. The largest absolute Gasteiger partial charge is 0.458 e. The molecular formula is C18H34O4. The van der Waals surface area contributed by atoms with Gasteiger partial charge in [0.05, 0.1) is 13.2 Å². The minimum absolute atomic E-state index is 0.191. The summed E-state index contributed by atoms with van der Waals surface area (Å²) in [5, 5.41) is 0. The van der Waals surface area contributed by atoms with Gasteiger partial charge in [-0.05, 0) is 56.3 Å². The molecule has 1 atom stereocenters. The summed E-state index contributed by atoms with van der Waals surface area (Å²) in [5.41, 5.74) is 0. The van der Waals surface area contributed by atoms with Crippen LogP contribution in [0.4, 0.5) is 0 Å². The molecule has 0 bridgehead atoms. The fraction of sp³-hybridized carbons (Fsp3) is 0.889. The van der Waals surface area contributed by atoms with Gasteiger partial charge in [0, 0.05) is 0 Å². The molecule has 0 rings (SSSR count). The van der Waals surface area contributed by atoms with E-state index in [0.717, 1.165) is 18.8 Å². The number of hydrogen-bond acceptors (Lipinski definition) is 4. The molecule has 0 radical (unpaired) electrons. The zero-order valence-corrected chi connectivity index (χ0v) is 15.2. The van der Waals surface area contributed by atoms with Gasteiger partial charge in [0.2, 0.25) is 0 Å². The summed E-state index contributed by atoms with van der Waals surface area (Å²) in [6, 6.07) is 0. The Morgan fingerprint density at radius 1 is 0.818 bits per heavy atom. The second-order valence-corrected chi connectivity index (χ2v) is 7.11. The van der Waals surface area contributed by atoms with Crippen LogP contribution in [0.1, 0.15) is 67.2 Å². The zero-order chi connectivity index (χ0) is 17.1. The van der Waals surface area contributed by atoms with Gasteiger partial charge in [0.1, 0.15) is 0 Å². The fourth-order valence-corrected chi connectivity index (χ4v) is 2.91. The maximum absolute atomic E-state index is 11.3. The third-order valence-corrected chi connectivity index (χ3v) is 3.63. The highest BCUT2D eigenvalue weighted by Gasteiger charge is 2.19. The first-order valence-electron chi connectivity index (χ1n) is 8.60. The first-order valence-corrected chi connectivity index (χ1v) is 8.60. The molecule has 130 valence electrons. The van der Waals surface area contributed by atoms with Crippen LogP contribution < -0.4 is 0 Å². The summed E-state index contributed by atoms with van der Waals surface area (Å²) in [7, 11) is 0. The lowest BCUT2D eigenvalue weighted by molar-refractivity contribution is -0.167. The lowest BCUT2D eigenvalue weighted by atomic mass is 9.82. The molecule has 0 aromatic carbocycles. The Balaban J connectivity index is 4.10. The lowest BCUT2D eigenvalue weighted by Crippen LogP contribution is -2.21. The second kappa shape index (κ2) is 11.5. The zero-order valence-electron chi connectivity index (χ0n) is 15.2. The Kier molecular flexibility index (Phi) is 10.9. The Morgan fingerprint density at radius 3 is 1.77 bits per heavy atom. The molecular weight excluding hydrogens is 280 g/mol. The van der Waals surface area contributed by atoms with Gasteiger partial charge in [-0.15, -0.1) is 0 Å². The van der Waals surface area contributed by atoms with Crippen molar-refractivity contribution >= 4 is 11.9 Å². The van der Waals surface area contributed by atoms with Crippen LogP contribution in [0.15, 0.2) is 0 Å². The Labute approximate surface area is 135 Å². The third-order valence-electron chi connectivity index (χ3n) is 3.63. The fourth-order valence-electron chi connectivity index (χ4n) is 2.91. The number of ether oxygens (including phenoxy) is 2. The molecule has 0 N–H and O–H groups in total. The number of carbonyl (C=O) groups is 2. The average molecular weight is 314 g/mol. The van der Waals surface area contributed by atoms with E-state index in [1.807, 2.05) is 0 Å². The Bertz CT molecular complexity index is 313. The van der Waals surface area contributed by atoms with Gasteiger partial charge in [0.15, 0.2) is 0 Å². The van der Waals surface area contributed by atoms with E-state index in [0.29, 0.717) is 17.8 Å². The second-order valence-electron chi connectivity index (χ2n) is 7.11. The molecule has 0 aliphatic rings. The molecule has 0 fully saturated rings. The minimum atomic E-state index is -0.896. The highest BCUT2D eigenvalue weighted by Crippen LogP contribution is 2.27. The van der Waals surface area contributed by atoms with Crippen molar-refractivity contribution < 1.29 is 19.1 Å². The van der Waals surface area contributed by atoms with Crippen molar-refractivity contribution in [2.75, 3.05) is 13.2 Å².